The first-order valence-corrected chi connectivity index (χ1v) is 8.14. The van der Waals surface area contributed by atoms with E-state index in [9.17, 15) is 14.9 Å². The highest BCUT2D eigenvalue weighted by Gasteiger charge is 2.22. The Kier molecular flexibility index (Phi) is 4.47. The lowest BCUT2D eigenvalue weighted by Gasteiger charge is -2.29. The van der Waals surface area contributed by atoms with E-state index in [0.717, 1.165) is 16.3 Å². The highest BCUT2D eigenvalue weighted by molar-refractivity contribution is 7.99. The van der Waals surface area contributed by atoms with Gasteiger partial charge in [0.05, 0.1) is 17.2 Å². The van der Waals surface area contributed by atoms with Gasteiger partial charge in [-0.15, -0.1) is 11.8 Å². The SMILES string of the molecule is O=C(CNc1cccc([N+](=O)[O-])c1)N1CCSc2ccccc21. The van der Waals surface area contributed by atoms with Crippen molar-refractivity contribution in [3.63, 3.8) is 0 Å². The molecule has 0 unspecified atom stereocenters. The third-order valence-corrected chi connectivity index (χ3v) is 4.57. The molecule has 0 spiro atoms. The first-order valence-electron chi connectivity index (χ1n) is 7.15. The van der Waals surface area contributed by atoms with E-state index in [4.69, 9.17) is 0 Å². The Balaban J connectivity index is 1.69. The number of fused-ring (bicyclic) bond motifs is 1. The smallest absolute Gasteiger partial charge is 0.271 e. The lowest BCUT2D eigenvalue weighted by Crippen LogP contribution is -2.39. The quantitative estimate of drug-likeness (QED) is 0.689. The number of nitrogens with zero attached hydrogens (tertiary/aromatic N) is 2. The molecule has 23 heavy (non-hydrogen) atoms. The third-order valence-electron chi connectivity index (χ3n) is 3.53. The zero-order valence-electron chi connectivity index (χ0n) is 12.3. The van der Waals surface area contributed by atoms with E-state index >= 15 is 0 Å². The molecule has 0 aromatic heterocycles. The second-order valence-electron chi connectivity index (χ2n) is 5.02. The number of rotatable bonds is 4. The molecule has 1 amide bonds. The van der Waals surface area contributed by atoms with E-state index in [1.165, 1.54) is 12.1 Å². The number of nitrogens with one attached hydrogen (secondary N) is 1. The second kappa shape index (κ2) is 6.70. The van der Waals surface area contributed by atoms with Crippen molar-refractivity contribution in [1.82, 2.24) is 0 Å². The number of hydrogen-bond acceptors (Lipinski definition) is 5. The van der Waals surface area contributed by atoms with Crippen molar-refractivity contribution in [3.05, 3.63) is 58.6 Å². The van der Waals surface area contributed by atoms with Crippen molar-refractivity contribution < 1.29 is 9.72 Å². The van der Waals surface area contributed by atoms with Crippen molar-refractivity contribution in [3.8, 4) is 0 Å². The van der Waals surface area contributed by atoms with Gasteiger partial charge in [0.15, 0.2) is 0 Å². The molecule has 7 heteroatoms. The Morgan fingerprint density at radius 1 is 1.26 bits per heavy atom. The van der Waals surface area contributed by atoms with Crippen LogP contribution in [-0.2, 0) is 4.79 Å². The number of amides is 1. The molecule has 1 N–H and O–H groups in total. The molecular weight excluding hydrogens is 314 g/mol. The molecule has 1 heterocycles. The third kappa shape index (κ3) is 3.45. The number of carbonyl (C=O) groups excluding carboxylic acids is 1. The highest BCUT2D eigenvalue weighted by Crippen LogP contribution is 2.34. The monoisotopic (exact) mass is 329 g/mol. The zero-order valence-corrected chi connectivity index (χ0v) is 13.1. The average molecular weight is 329 g/mol. The maximum atomic E-state index is 12.5. The number of thioether (sulfide) groups is 1. The molecule has 0 saturated heterocycles. The van der Waals surface area contributed by atoms with Gasteiger partial charge in [-0.25, -0.2) is 0 Å². The fourth-order valence-corrected chi connectivity index (χ4v) is 3.43. The van der Waals surface area contributed by atoms with Crippen LogP contribution < -0.4 is 10.2 Å². The summed E-state index contributed by atoms with van der Waals surface area (Å²) >= 11 is 1.74. The Morgan fingerprint density at radius 3 is 2.91 bits per heavy atom. The normalized spacial score (nSPS) is 13.3. The van der Waals surface area contributed by atoms with E-state index in [0.29, 0.717) is 12.2 Å². The summed E-state index contributed by atoms with van der Waals surface area (Å²) in [5.41, 5.74) is 1.49. The Morgan fingerprint density at radius 2 is 2.09 bits per heavy atom. The molecule has 2 aromatic carbocycles. The first kappa shape index (κ1) is 15.4. The van der Waals surface area contributed by atoms with E-state index in [2.05, 4.69) is 5.32 Å². The number of para-hydroxylation sites is 1. The van der Waals surface area contributed by atoms with Gasteiger partial charge in [0.1, 0.15) is 0 Å². The number of non-ortho nitro benzene ring substituents is 1. The fraction of sp³-hybridized carbons (Fsp3) is 0.188. The number of carbonyl (C=O) groups is 1. The molecule has 0 radical (unpaired) electrons. The maximum Gasteiger partial charge on any atom is 0.271 e. The van der Waals surface area contributed by atoms with Gasteiger partial charge in [-0.2, -0.15) is 0 Å². The summed E-state index contributed by atoms with van der Waals surface area (Å²) in [6, 6.07) is 14.0. The van der Waals surface area contributed by atoms with Crippen LogP contribution in [0.5, 0.6) is 0 Å². The van der Waals surface area contributed by atoms with Crippen LogP contribution in [0.15, 0.2) is 53.4 Å². The summed E-state index contributed by atoms with van der Waals surface area (Å²) in [5.74, 6) is 0.809. The van der Waals surface area contributed by atoms with Crippen LogP contribution in [0.3, 0.4) is 0 Å². The zero-order chi connectivity index (χ0) is 16.2. The second-order valence-corrected chi connectivity index (χ2v) is 6.16. The van der Waals surface area contributed by atoms with Crippen molar-refractivity contribution in [2.75, 3.05) is 29.1 Å². The first-order chi connectivity index (χ1) is 11.1. The minimum Gasteiger partial charge on any atom is -0.376 e. The Labute approximate surface area is 137 Å². The van der Waals surface area contributed by atoms with Gasteiger partial charge in [0.2, 0.25) is 5.91 Å². The number of nitro benzene ring substituents is 1. The van der Waals surface area contributed by atoms with Crippen LogP contribution in [0.2, 0.25) is 0 Å². The van der Waals surface area contributed by atoms with Crippen LogP contribution in [0, 0.1) is 10.1 Å². The van der Waals surface area contributed by atoms with Crippen LogP contribution >= 0.6 is 11.8 Å². The predicted octanol–water partition coefficient (Wildman–Crippen LogP) is 3.15. The Bertz CT molecular complexity index is 751. The largest absolute Gasteiger partial charge is 0.376 e. The van der Waals surface area contributed by atoms with Gasteiger partial charge in [-0.05, 0) is 18.2 Å². The topological polar surface area (TPSA) is 75.5 Å². The van der Waals surface area contributed by atoms with Gasteiger partial charge in [-0.1, -0.05) is 18.2 Å². The lowest BCUT2D eigenvalue weighted by atomic mass is 10.2. The summed E-state index contributed by atoms with van der Waals surface area (Å²) < 4.78 is 0. The van der Waals surface area contributed by atoms with Gasteiger partial charge in [-0.3, -0.25) is 14.9 Å². The summed E-state index contributed by atoms with van der Waals surface area (Å²) in [5, 5.41) is 13.7. The van der Waals surface area contributed by atoms with Crippen LogP contribution in [-0.4, -0.2) is 29.7 Å². The summed E-state index contributed by atoms with van der Waals surface area (Å²) in [7, 11) is 0. The van der Waals surface area contributed by atoms with Gasteiger partial charge >= 0.3 is 0 Å². The molecule has 0 fully saturated rings. The summed E-state index contributed by atoms with van der Waals surface area (Å²) in [6.07, 6.45) is 0. The van der Waals surface area contributed by atoms with Crippen molar-refractivity contribution in [1.29, 1.82) is 0 Å². The standard InChI is InChI=1S/C16H15N3O3S/c20-16(11-17-12-4-3-5-13(10-12)19(21)22)18-8-9-23-15-7-2-1-6-14(15)18/h1-7,10,17H,8-9,11H2. The molecule has 0 aliphatic carbocycles. The van der Waals surface area contributed by atoms with E-state index in [1.807, 2.05) is 24.3 Å². The van der Waals surface area contributed by atoms with E-state index in [-0.39, 0.29) is 18.1 Å². The van der Waals surface area contributed by atoms with Crippen LogP contribution in [0.1, 0.15) is 0 Å². The minimum atomic E-state index is -0.453. The molecule has 2 aromatic rings. The van der Waals surface area contributed by atoms with Gasteiger partial charge in [0.25, 0.3) is 5.69 Å². The summed E-state index contributed by atoms with van der Waals surface area (Å²) in [6.45, 7) is 0.761. The van der Waals surface area contributed by atoms with E-state index in [1.54, 1.807) is 28.8 Å². The van der Waals surface area contributed by atoms with Gasteiger partial charge in [0, 0.05) is 35.0 Å². The predicted molar refractivity (Wildman–Crippen MR) is 91.1 cm³/mol. The van der Waals surface area contributed by atoms with Crippen molar-refractivity contribution >= 4 is 34.7 Å². The molecule has 0 bridgehead atoms. The fourth-order valence-electron chi connectivity index (χ4n) is 2.43. The minimum absolute atomic E-state index is 0.00201. The molecule has 6 nitrogen and oxygen atoms in total. The maximum absolute atomic E-state index is 12.5. The van der Waals surface area contributed by atoms with E-state index < -0.39 is 4.92 Å². The Hall–Kier alpha value is -2.54. The molecule has 118 valence electrons. The van der Waals surface area contributed by atoms with Crippen molar-refractivity contribution in [2.45, 2.75) is 4.90 Å². The number of anilines is 2. The molecule has 3 rings (SSSR count). The number of benzene rings is 2. The molecule has 0 atom stereocenters. The lowest BCUT2D eigenvalue weighted by molar-refractivity contribution is -0.384. The van der Waals surface area contributed by atoms with Crippen molar-refractivity contribution in [2.24, 2.45) is 0 Å². The molecule has 0 saturated carbocycles. The number of nitro groups is 1. The molecular formula is C16H15N3O3S. The number of hydrogen-bond donors (Lipinski definition) is 1. The summed E-state index contributed by atoms with van der Waals surface area (Å²) in [4.78, 5) is 25.7. The molecule has 1 aliphatic rings. The van der Waals surface area contributed by atoms with Crippen LogP contribution in [0.4, 0.5) is 17.1 Å². The van der Waals surface area contributed by atoms with Crippen LogP contribution in [0.25, 0.3) is 0 Å². The van der Waals surface area contributed by atoms with Gasteiger partial charge < -0.3 is 10.2 Å². The molecule has 1 aliphatic heterocycles. The average Bonchev–Trinajstić information content (AvgIpc) is 2.59. The highest BCUT2D eigenvalue weighted by atomic mass is 32.2.